The molecule has 0 saturated heterocycles. The SMILES string of the molecule is C=N/C(=C\C(=N/Cc1c(O)c(O)c(O)c(O)c1O)c1cccc(-c2ccccc2-c2ccccc2-c2cccc(-c3cc(-c4c(O)c(O)c(O)c(O)c4O)nc(-c4c(O)c(O)c(O)c(O)c4O)n3)c2)c1)c1c(O)c(O)c(O)c(O)c1O. The van der Waals surface area contributed by atoms with Gasteiger partial charge in [-0.15, -0.1) is 0 Å². The topological polar surface area (TPSA) is 455 Å². The molecule has 0 unspecified atom stereocenters. The lowest BCUT2D eigenvalue weighted by Crippen LogP contribution is -2.01. The second kappa shape index (κ2) is 20.5. The van der Waals surface area contributed by atoms with E-state index in [0.29, 0.717) is 33.4 Å². The maximum Gasteiger partial charge on any atom is 0.208 e. The van der Waals surface area contributed by atoms with Crippen molar-refractivity contribution < 1.29 is 102 Å². The van der Waals surface area contributed by atoms with Crippen LogP contribution in [0.3, 0.4) is 0 Å². The van der Waals surface area contributed by atoms with Gasteiger partial charge in [-0.05, 0) is 64.4 Å². The van der Waals surface area contributed by atoms with Crippen LogP contribution in [-0.4, -0.2) is 125 Å². The standard InChI is InChI=1S/C57H42N4O20/c1-58-32(34-39(64)47(72)54(79)48(73)40(34)65)18-30(59-20-29-37(62)45(70)53(78)46(71)38(29)63)23-10-6-8-21(16-23)25-12-2-4-14-27(25)28-15-5-3-13-26(28)22-9-7-11-24(17-22)31-19-33(35-41(66)49(74)55(80)50(75)42(35)67)61-57(60-31)36-43(68)51(76)56(81)52(77)44(36)69/h2-19,62-81H,1,20H2/b32-18-,59-30+. The minimum absolute atomic E-state index is 0.126. The Morgan fingerprint density at radius 3 is 1.23 bits per heavy atom. The number of benzene rings is 8. The summed E-state index contributed by atoms with van der Waals surface area (Å²) in [5.41, 5.74) is -0.463. The van der Waals surface area contributed by atoms with Gasteiger partial charge in [-0.2, -0.15) is 0 Å². The normalized spacial score (nSPS) is 11.7. The van der Waals surface area contributed by atoms with Crippen molar-refractivity contribution >= 4 is 18.1 Å². The molecule has 0 aliphatic carbocycles. The van der Waals surface area contributed by atoms with E-state index in [1.54, 1.807) is 91.0 Å². The van der Waals surface area contributed by atoms with E-state index in [9.17, 15) is 102 Å². The quantitative estimate of drug-likeness (QED) is 0.0310. The number of allylic oxidation sites excluding steroid dienone is 1. The smallest absolute Gasteiger partial charge is 0.208 e. The summed E-state index contributed by atoms with van der Waals surface area (Å²) in [5, 5.41) is 211. The zero-order valence-corrected chi connectivity index (χ0v) is 41.0. The molecule has 24 heteroatoms. The molecule has 1 aromatic heterocycles. The summed E-state index contributed by atoms with van der Waals surface area (Å²) in [7, 11) is 0. The Morgan fingerprint density at radius 1 is 0.370 bits per heavy atom. The first-order chi connectivity index (χ1) is 38.5. The van der Waals surface area contributed by atoms with Crippen LogP contribution in [0.1, 0.15) is 16.7 Å². The third-order valence-electron chi connectivity index (χ3n) is 13.0. The number of hydrogen-bond donors (Lipinski definition) is 20. The molecule has 0 amide bonds. The molecule has 0 bridgehead atoms. The summed E-state index contributed by atoms with van der Waals surface area (Å²) in [6, 6.07) is 28.3. The molecule has 0 saturated carbocycles. The summed E-state index contributed by atoms with van der Waals surface area (Å²) in [6.07, 6.45) is 1.09. The summed E-state index contributed by atoms with van der Waals surface area (Å²) >= 11 is 0. The number of aliphatic imine (C=N–C) groups is 2. The summed E-state index contributed by atoms with van der Waals surface area (Å²) < 4.78 is 0. The van der Waals surface area contributed by atoms with Crippen LogP contribution in [0.25, 0.3) is 73.0 Å². The number of aromatic nitrogens is 2. The Hall–Kier alpha value is -12.1. The molecule has 24 nitrogen and oxygen atoms in total. The molecule has 0 aliphatic rings. The first-order valence-electron chi connectivity index (χ1n) is 23.3. The maximum absolute atomic E-state index is 11.0. The highest BCUT2D eigenvalue weighted by Crippen LogP contribution is 2.58. The van der Waals surface area contributed by atoms with E-state index in [2.05, 4.69) is 26.7 Å². The van der Waals surface area contributed by atoms with Gasteiger partial charge in [-0.25, -0.2) is 9.97 Å². The van der Waals surface area contributed by atoms with Gasteiger partial charge in [0.2, 0.25) is 69.0 Å². The average molecular weight is 1100 g/mol. The van der Waals surface area contributed by atoms with E-state index in [0.717, 1.165) is 12.1 Å². The number of hydrogen-bond acceptors (Lipinski definition) is 24. The highest BCUT2D eigenvalue weighted by Gasteiger charge is 2.31. The Balaban J connectivity index is 1.19. The second-order valence-electron chi connectivity index (χ2n) is 17.7. The monoisotopic (exact) mass is 1100 g/mol. The van der Waals surface area contributed by atoms with Crippen molar-refractivity contribution in [3.05, 3.63) is 126 Å². The third-order valence-corrected chi connectivity index (χ3v) is 13.0. The van der Waals surface area contributed by atoms with Gasteiger partial charge < -0.3 is 102 Å². The Labute approximate surface area is 453 Å². The van der Waals surface area contributed by atoms with Crippen LogP contribution in [0, 0.1) is 0 Å². The second-order valence-corrected chi connectivity index (χ2v) is 17.7. The van der Waals surface area contributed by atoms with E-state index in [1.165, 1.54) is 6.07 Å². The van der Waals surface area contributed by atoms with Crippen LogP contribution in [0.15, 0.2) is 119 Å². The zero-order chi connectivity index (χ0) is 58.6. The largest absolute Gasteiger partial charge is 0.504 e. The molecule has 9 rings (SSSR count). The molecule has 0 spiro atoms. The first-order valence-corrected chi connectivity index (χ1v) is 23.3. The number of rotatable bonds is 12. The number of phenolic OH excluding ortho intramolecular Hbond substituents is 20. The van der Waals surface area contributed by atoms with Gasteiger partial charge in [0, 0.05) is 11.1 Å². The molecule has 0 radical (unpaired) electrons. The van der Waals surface area contributed by atoms with Crippen LogP contribution in [0.5, 0.6) is 115 Å². The fourth-order valence-electron chi connectivity index (χ4n) is 8.81. The number of aromatic hydroxyl groups is 20. The number of nitrogens with zero attached hydrogens (tertiary/aromatic N) is 4. The molecule has 1 heterocycles. The molecule has 9 aromatic rings. The van der Waals surface area contributed by atoms with Crippen molar-refractivity contribution in [2.24, 2.45) is 9.98 Å². The van der Waals surface area contributed by atoms with Crippen molar-refractivity contribution in [3.8, 4) is 182 Å². The van der Waals surface area contributed by atoms with E-state index >= 15 is 0 Å². The molecule has 0 fully saturated rings. The molecule has 0 aliphatic heterocycles. The van der Waals surface area contributed by atoms with Gasteiger partial charge in [0.05, 0.1) is 46.0 Å². The van der Waals surface area contributed by atoms with E-state index in [-0.39, 0.29) is 22.5 Å². The van der Waals surface area contributed by atoms with Gasteiger partial charge in [0.25, 0.3) is 0 Å². The molecule has 81 heavy (non-hydrogen) atoms. The molecule has 8 aromatic carbocycles. The van der Waals surface area contributed by atoms with Gasteiger partial charge in [0.1, 0.15) is 5.56 Å². The summed E-state index contributed by atoms with van der Waals surface area (Å²) in [6.45, 7) is 2.71. The molecule has 410 valence electrons. The van der Waals surface area contributed by atoms with Gasteiger partial charge in [0.15, 0.2) is 51.8 Å². The maximum atomic E-state index is 11.0. The van der Waals surface area contributed by atoms with Crippen molar-refractivity contribution in [1.29, 1.82) is 0 Å². The van der Waals surface area contributed by atoms with Gasteiger partial charge in [-0.3, -0.25) is 9.98 Å². The first kappa shape index (κ1) is 53.7. The predicted octanol–water partition coefficient (Wildman–Crippen LogP) is 8.32. The molecular formula is C57H42N4O20. The number of phenols is 20. The zero-order valence-electron chi connectivity index (χ0n) is 41.0. The highest BCUT2D eigenvalue weighted by atomic mass is 16.4. The Morgan fingerprint density at radius 2 is 0.753 bits per heavy atom. The fraction of sp³-hybridized carbons (Fsp3) is 0.0175. The average Bonchev–Trinajstić information content (AvgIpc) is 3.49. The van der Waals surface area contributed by atoms with Crippen molar-refractivity contribution in [1.82, 2.24) is 9.97 Å². The van der Waals surface area contributed by atoms with Crippen LogP contribution in [-0.2, 0) is 6.54 Å². The molecule has 20 N–H and O–H groups in total. The lowest BCUT2D eigenvalue weighted by atomic mass is 9.88. The van der Waals surface area contributed by atoms with Gasteiger partial charge >= 0.3 is 0 Å². The van der Waals surface area contributed by atoms with E-state index in [4.69, 9.17) is 0 Å². The predicted molar refractivity (Wildman–Crippen MR) is 289 cm³/mol. The molecular weight excluding hydrogens is 1060 g/mol. The lowest BCUT2D eigenvalue weighted by Gasteiger charge is -2.17. The van der Waals surface area contributed by atoms with Crippen LogP contribution in [0.2, 0.25) is 0 Å². The Bertz CT molecular complexity index is 3990. The van der Waals surface area contributed by atoms with Crippen LogP contribution in [0.4, 0.5) is 0 Å². The van der Waals surface area contributed by atoms with Crippen molar-refractivity contribution in [2.75, 3.05) is 0 Å². The minimum atomic E-state index is -1.31. The van der Waals surface area contributed by atoms with Crippen LogP contribution < -0.4 is 0 Å². The minimum Gasteiger partial charge on any atom is -0.504 e. The van der Waals surface area contributed by atoms with Crippen molar-refractivity contribution in [2.45, 2.75) is 6.54 Å². The lowest BCUT2D eigenvalue weighted by molar-refractivity contribution is 0.324. The van der Waals surface area contributed by atoms with Crippen molar-refractivity contribution in [3.63, 3.8) is 0 Å². The molecule has 0 atom stereocenters. The van der Waals surface area contributed by atoms with E-state index in [1.807, 2.05) is 0 Å². The fourth-order valence-corrected chi connectivity index (χ4v) is 8.81. The van der Waals surface area contributed by atoms with Gasteiger partial charge in [-0.1, -0.05) is 84.9 Å². The summed E-state index contributed by atoms with van der Waals surface area (Å²) in [4.78, 5) is 17.0. The van der Waals surface area contributed by atoms with Crippen LogP contribution >= 0.6 is 0 Å². The van der Waals surface area contributed by atoms with E-state index < -0.39 is 161 Å². The Kier molecular flexibility index (Phi) is 13.6. The third kappa shape index (κ3) is 9.02. The highest BCUT2D eigenvalue weighted by molar-refractivity contribution is 6.13. The summed E-state index contributed by atoms with van der Waals surface area (Å²) in [5.74, 6) is -25.1.